The van der Waals surface area contributed by atoms with Crippen LogP contribution < -0.4 is 10.6 Å². The average molecular weight is 555 g/mol. The molecule has 1 unspecified atom stereocenters. The molecule has 1 atom stereocenters. The van der Waals surface area contributed by atoms with E-state index in [2.05, 4.69) is 114 Å². The second-order valence-corrected chi connectivity index (χ2v) is 11.1. The van der Waals surface area contributed by atoms with Gasteiger partial charge in [-0.15, -0.1) is 0 Å². The summed E-state index contributed by atoms with van der Waals surface area (Å²) in [5.74, 6) is 1.49. The highest BCUT2D eigenvalue weighted by Crippen LogP contribution is 2.36. The van der Waals surface area contributed by atoms with Crippen LogP contribution in [0.3, 0.4) is 0 Å². The Labute approximate surface area is 247 Å². The average Bonchev–Trinajstić information content (AvgIpc) is 3.44. The number of benzene rings is 6. The number of nitrogens with one attached hydrogen (secondary N) is 2. The highest BCUT2D eigenvalue weighted by molar-refractivity contribution is 6.25. The van der Waals surface area contributed by atoms with E-state index in [0.717, 1.165) is 56.4 Å². The lowest BCUT2D eigenvalue weighted by atomic mass is 9.96. The fourth-order valence-electron chi connectivity index (χ4n) is 6.51. The Kier molecular flexibility index (Phi) is 5.26. The Bertz CT molecular complexity index is 2330. The predicted molar refractivity (Wildman–Crippen MR) is 176 cm³/mol. The van der Waals surface area contributed by atoms with Crippen molar-refractivity contribution in [3.63, 3.8) is 0 Å². The minimum absolute atomic E-state index is 0.301. The first-order valence-electron chi connectivity index (χ1n) is 14.6. The number of amidine groups is 2. The maximum absolute atomic E-state index is 6.41. The zero-order valence-electron chi connectivity index (χ0n) is 23.2. The Hall–Kier alpha value is -5.68. The third kappa shape index (κ3) is 3.86. The van der Waals surface area contributed by atoms with Crippen molar-refractivity contribution in [1.82, 2.24) is 10.6 Å². The summed E-state index contributed by atoms with van der Waals surface area (Å²) in [4.78, 5) is 10.5. The second-order valence-electron chi connectivity index (χ2n) is 11.1. The summed E-state index contributed by atoms with van der Waals surface area (Å²) >= 11 is 0. The Morgan fingerprint density at radius 3 is 2.40 bits per heavy atom. The summed E-state index contributed by atoms with van der Waals surface area (Å²) in [6.07, 6.45) is 3.78. The largest absolute Gasteiger partial charge is 0.456 e. The molecule has 0 aliphatic carbocycles. The summed E-state index contributed by atoms with van der Waals surface area (Å²) in [6.45, 7) is 0.787. The van der Waals surface area contributed by atoms with Gasteiger partial charge in [-0.3, -0.25) is 0 Å². The molecule has 5 heteroatoms. The van der Waals surface area contributed by atoms with E-state index in [-0.39, 0.29) is 6.17 Å². The molecular weight excluding hydrogens is 528 g/mol. The zero-order chi connectivity index (χ0) is 28.3. The van der Waals surface area contributed by atoms with Crippen molar-refractivity contribution in [1.29, 1.82) is 0 Å². The van der Waals surface area contributed by atoms with E-state index in [4.69, 9.17) is 14.4 Å². The molecule has 0 saturated carbocycles. The van der Waals surface area contributed by atoms with Crippen LogP contribution in [-0.2, 0) is 6.54 Å². The molecule has 9 rings (SSSR count). The van der Waals surface area contributed by atoms with Crippen molar-refractivity contribution >= 4 is 61.2 Å². The maximum atomic E-state index is 6.41. The Balaban J connectivity index is 1.30. The fraction of sp³-hybridized carbons (Fsp3) is 0.0526. The Morgan fingerprint density at radius 1 is 0.674 bits per heavy atom. The number of furan rings is 1. The summed E-state index contributed by atoms with van der Waals surface area (Å²) in [7, 11) is 0. The molecule has 7 aromatic rings. The highest BCUT2D eigenvalue weighted by atomic mass is 16.3. The third-order valence-corrected chi connectivity index (χ3v) is 8.55. The highest BCUT2D eigenvalue weighted by Gasteiger charge is 2.25. The molecule has 6 aromatic carbocycles. The SMILES string of the molecule is C1=Cc2cc3oc4cccc(C5=NC(c6ccccc6)NC(c6cc7ccccc7c7ccccc67)=N5)c4c3cc2CN1. The topological polar surface area (TPSA) is 61.9 Å². The summed E-state index contributed by atoms with van der Waals surface area (Å²) in [5, 5.41) is 13.9. The smallest absolute Gasteiger partial charge is 0.160 e. The van der Waals surface area contributed by atoms with Gasteiger partial charge < -0.3 is 15.1 Å². The van der Waals surface area contributed by atoms with E-state index in [1.54, 1.807) is 0 Å². The van der Waals surface area contributed by atoms with Gasteiger partial charge >= 0.3 is 0 Å². The van der Waals surface area contributed by atoms with Gasteiger partial charge in [-0.25, -0.2) is 9.98 Å². The Morgan fingerprint density at radius 2 is 1.49 bits per heavy atom. The lowest BCUT2D eigenvalue weighted by molar-refractivity contribution is 0.668. The van der Waals surface area contributed by atoms with Crippen molar-refractivity contribution in [3.8, 4) is 0 Å². The van der Waals surface area contributed by atoms with Gasteiger partial charge in [0.25, 0.3) is 0 Å². The molecule has 0 amide bonds. The molecule has 0 radical (unpaired) electrons. The first-order valence-corrected chi connectivity index (χ1v) is 14.6. The van der Waals surface area contributed by atoms with E-state index in [9.17, 15) is 0 Å². The van der Waals surface area contributed by atoms with Gasteiger partial charge in [0.2, 0.25) is 0 Å². The molecule has 0 spiro atoms. The van der Waals surface area contributed by atoms with E-state index in [1.807, 2.05) is 24.4 Å². The van der Waals surface area contributed by atoms with Crippen molar-refractivity contribution in [2.24, 2.45) is 9.98 Å². The first kappa shape index (κ1) is 24.0. The van der Waals surface area contributed by atoms with Crippen molar-refractivity contribution in [2.75, 3.05) is 0 Å². The van der Waals surface area contributed by atoms with Gasteiger partial charge in [0.15, 0.2) is 5.84 Å². The molecular formula is C38H26N4O. The molecule has 0 fully saturated rings. The normalized spacial score (nSPS) is 16.1. The molecule has 5 nitrogen and oxygen atoms in total. The fourth-order valence-corrected chi connectivity index (χ4v) is 6.51. The number of hydrogen-bond donors (Lipinski definition) is 2. The van der Waals surface area contributed by atoms with Crippen LogP contribution in [0.4, 0.5) is 0 Å². The number of nitrogens with zero attached hydrogens (tertiary/aromatic N) is 2. The number of fused-ring (bicyclic) bond motifs is 7. The van der Waals surface area contributed by atoms with Crippen LogP contribution in [-0.4, -0.2) is 11.7 Å². The van der Waals surface area contributed by atoms with Gasteiger partial charge in [-0.05, 0) is 74.8 Å². The third-order valence-electron chi connectivity index (χ3n) is 8.55. The number of hydrogen-bond acceptors (Lipinski definition) is 5. The van der Waals surface area contributed by atoms with Crippen LogP contribution in [0.25, 0.3) is 49.6 Å². The number of rotatable bonds is 3. The molecule has 3 heterocycles. The molecule has 43 heavy (non-hydrogen) atoms. The molecule has 1 aromatic heterocycles. The van der Waals surface area contributed by atoms with Gasteiger partial charge in [-0.2, -0.15) is 0 Å². The van der Waals surface area contributed by atoms with Crippen molar-refractivity contribution < 1.29 is 4.42 Å². The monoisotopic (exact) mass is 554 g/mol. The maximum Gasteiger partial charge on any atom is 0.160 e. The van der Waals surface area contributed by atoms with Crippen LogP contribution in [0, 0.1) is 0 Å². The van der Waals surface area contributed by atoms with Gasteiger partial charge in [0.1, 0.15) is 23.2 Å². The van der Waals surface area contributed by atoms with Crippen LogP contribution >= 0.6 is 0 Å². The van der Waals surface area contributed by atoms with Gasteiger partial charge in [0.05, 0.1) is 0 Å². The standard InChI is InChI=1S/C38H26N4O/c1-2-9-23(10-3-1)36-40-37(30-15-8-16-33-35(30)32-20-26-22-39-18-17-24(26)21-34(32)43-33)42-38(41-36)31-19-25-11-4-5-12-27(25)28-13-6-7-14-29(28)31/h1-21,36,39H,22H2,(H,40,41,42). The van der Waals surface area contributed by atoms with E-state index in [1.165, 1.54) is 27.3 Å². The second kappa shape index (κ2) is 9.43. The summed E-state index contributed by atoms with van der Waals surface area (Å²) in [5.41, 5.74) is 7.21. The van der Waals surface area contributed by atoms with Crippen molar-refractivity contribution in [2.45, 2.75) is 12.7 Å². The van der Waals surface area contributed by atoms with Crippen LogP contribution in [0.2, 0.25) is 0 Å². The van der Waals surface area contributed by atoms with Crippen LogP contribution in [0.1, 0.15) is 34.0 Å². The lowest BCUT2D eigenvalue weighted by Gasteiger charge is -2.25. The van der Waals surface area contributed by atoms with Crippen LogP contribution in [0.5, 0.6) is 0 Å². The molecule has 2 aliphatic rings. The molecule has 2 aliphatic heterocycles. The van der Waals surface area contributed by atoms with Gasteiger partial charge in [0, 0.05) is 28.4 Å². The zero-order valence-corrected chi connectivity index (χ0v) is 23.2. The van der Waals surface area contributed by atoms with Crippen LogP contribution in [0.15, 0.2) is 136 Å². The van der Waals surface area contributed by atoms with Gasteiger partial charge in [-0.1, -0.05) is 91.0 Å². The van der Waals surface area contributed by atoms with E-state index in [0.29, 0.717) is 5.84 Å². The number of aliphatic imine (C=N–C) groups is 2. The van der Waals surface area contributed by atoms with E-state index >= 15 is 0 Å². The molecule has 0 saturated heterocycles. The quantitative estimate of drug-likeness (QED) is 0.215. The molecule has 2 N–H and O–H groups in total. The predicted octanol–water partition coefficient (Wildman–Crippen LogP) is 8.46. The summed E-state index contributed by atoms with van der Waals surface area (Å²) in [6, 6.07) is 40.3. The van der Waals surface area contributed by atoms with E-state index < -0.39 is 0 Å². The molecule has 0 bridgehead atoms. The minimum Gasteiger partial charge on any atom is -0.456 e. The lowest BCUT2D eigenvalue weighted by Crippen LogP contribution is -2.33. The summed E-state index contributed by atoms with van der Waals surface area (Å²) < 4.78 is 6.41. The van der Waals surface area contributed by atoms with Crippen molar-refractivity contribution in [3.05, 3.63) is 149 Å². The molecule has 204 valence electrons. The first-order chi connectivity index (χ1) is 21.3. The minimum atomic E-state index is -0.301.